The molecule has 0 radical (unpaired) electrons. The number of aliphatic hydroxyl groups excluding tert-OH is 3. The summed E-state index contributed by atoms with van der Waals surface area (Å²) in [6.45, 7) is -0.230. The first-order valence-corrected chi connectivity index (χ1v) is 5.36. The number of hydrogen-bond acceptors (Lipinski definition) is 6. The van der Waals surface area contributed by atoms with E-state index in [2.05, 4.69) is 4.98 Å². The van der Waals surface area contributed by atoms with Crippen molar-refractivity contribution in [3.05, 3.63) is 22.7 Å². The molecule has 94 valence electrons. The number of rotatable bonds is 2. The Morgan fingerprint density at radius 1 is 1.47 bits per heavy atom. The molecule has 1 aromatic heterocycles. The quantitative estimate of drug-likeness (QED) is 0.480. The molecule has 0 aromatic carbocycles. The van der Waals surface area contributed by atoms with Gasteiger partial charge in [0.15, 0.2) is 0 Å². The summed E-state index contributed by atoms with van der Waals surface area (Å²) in [5.74, 6) is -0.322. The third-order valence-corrected chi connectivity index (χ3v) is 3.21. The van der Waals surface area contributed by atoms with Gasteiger partial charge in [0, 0.05) is 18.7 Å². The van der Waals surface area contributed by atoms with Crippen molar-refractivity contribution in [2.24, 2.45) is 5.92 Å². The molecule has 2 rings (SSSR count). The summed E-state index contributed by atoms with van der Waals surface area (Å²) in [7, 11) is 0. The van der Waals surface area contributed by atoms with Crippen molar-refractivity contribution in [2.45, 2.75) is 24.7 Å². The standard InChI is InChI=1S/C10H15N3O4/c11-7-1-2-13(10(17)12-7)6-3-5(4-14)8(15)9(6)16/h1-2,5-6,8-9,14-16H,3-4H2,(H2,11,12,17)/t5-,6-,8?,9-/m0/s1. The maximum atomic E-state index is 11.6. The molecule has 1 heterocycles. The number of nitrogens with two attached hydrogens (primary N) is 1. The van der Waals surface area contributed by atoms with Gasteiger partial charge >= 0.3 is 5.69 Å². The number of aliphatic hydroxyl groups is 3. The molecule has 7 heteroatoms. The average Bonchev–Trinajstić information content (AvgIpc) is 2.57. The molecule has 1 unspecified atom stereocenters. The lowest BCUT2D eigenvalue weighted by Gasteiger charge is -2.18. The lowest BCUT2D eigenvalue weighted by atomic mass is 10.1. The minimum Gasteiger partial charge on any atom is -0.396 e. The molecular formula is C10H15N3O4. The highest BCUT2D eigenvalue weighted by molar-refractivity contribution is 5.23. The first kappa shape index (κ1) is 12.0. The van der Waals surface area contributed by atoms with E-state index in [0.29, 0.717) is 6.42 Å². The molecule has 0 saturated heterocycles. The number of anilines is 1. The molecule has 5 N–H and O–H groups in total. The molecule has 0 bridgehead atoms. The van der Waals surface area contributed by atoms with Crippen molar-refractivity contribution < 1.29 is 15.3 Å². The Labute approximate surface area is 97.1 Å². The van der Waals surface area contributed by atoms with Gasteiger partial charge in [0.2, 0.25) is 0 Å². The molecule has 0 aliphatic heterocycles. The van der Waals surface area contributed by atoms with Crippen molar-refractivity contribution in [2.75, 3.05) is 12.3 Å². The van der Waals surface area contributed by atoms with E-state index in [1.807, 2.05) is 0 Å². The SMILES string of the molecule is Nc1ccn([C@H]2C[C@@H](CO)C(O)[C@H]2O)c(=O)n1. The molecule has 7 nitrogen and oxygen atoms in total. The smallest absolute Gasteiger partial charge is 0.349 e. The van der Waals surface area contributed by atoms with Gasteiger partial charge in [0.05, 0.1) is 12.1 Å². The van der Waals surface area contributed by atoms with Crippen LogP contribution in [-0.4, -0.2) is 43.7 Å². The minimum atomic E-state index is -1.09. The fourth-order valence-corrected chi connectivity index (χ4v) is 2.23. The summed E-state index contributed by atoms with van der Waals surface area (Å²) < 4.78 is 1.24. The maximum Gasteiger partial charge on any atom is 0.349 e. The Bertz CT molecular complexity index is 461. The molecule has 1 aliphatic carbocycles. The van der Waals surface area contributed by atoms with E-state index in [1.54, 1.807) is 0 Å². The lowest BCUT2D eigenvalue weighted by molar-refractivity contribution is -0.00453. The zero-order valence-electron chi connectivity index (χ0n) is 9.10. The van der Waals surface area contributed by atoms with E-state index in [4.69, 9.17) is 10.8 Å². The zero-order chi connectivity index (χ0) is 12.6. The van der Waals surface area contributed by atoms with Gasteiger partial charge in [-0.3, -0.25) is 4.57 Å². The van der Waals surface area contributed by atoms with Crippen LogP contribution in [0.2, 0.25) is 0 Å². The van der Waals surface area contributed by atoms with Crippen molar-refractivity contribution in [1.82, 2.24) is 9.55 Å². The summed E-state index contributed by atoms with van der Waals surface area (Å²) in [5, 5.41) is 28.5. The number of nitrogens with zero attached hydrogens (tertiary/aromatic N) is 2. The summed E-state index contributed by atoms with van der Waals surface area (Å²) in [6.07, 6.45) is -0.361. The second-order valence-electron chi connectivity index (χ2n) is 4.27. The highest BCUT2D eigenvalue weighted by Crippen LogP contribution is 2.34. The zero-order valence-corrected chi connectivity index (χ0v) is 9.10. The van der Waals surface area contributed by atoms with E-state index in [1.165, 1.54) is 16.8 Å². The van der Waals surface area contributed by atoms with Gasteiger partial charge in [-0.15, -0.1) is 0 Å². The predicted octanol–water partition coefficient (Wildman–Crippen LogP) is -1.90. The minimum absolute atomic E-state index is 0.109. The van der Waals surface area contributed by atoms with Crippen LogP contribution in [-0.2, 0) is 0 Å². The Morgan fingerprint density at radius 2 is 2.18 bits per heavy atom. The Hall–Kier alpha value is -1.44. The van der Waals surface area contributed by atoms with Crippen LogP contribution >= 0.6 is 0 Å². The Morgan fingerprint density at radius 3 is 2.71 bits per heavy atom. The van der Waals surface area contributed by atoms with Crippen LogP contribution in [0.1, 0.15) is 12.5 Å². The van der Waals surface area contributed by atoms with Crippen molar-refractivity contribution >= 4 is 5.82 Å². The van der Waals surface area contributed by atoms with Crippen LogP contribution in [0.15, 0.2) is 17.1 Å². The Balaban J connectivity index is 2.32. The Kier molecular flexibility index (Phi) is 3.14. The number of aromatic nitrogens is 2. The molecule has 0 amide bonds. The van der Waals surface area contributed by atoms with Gasteiger partial charge in [-0.25, -0.2) is 4.79 Å². The van der Waals surface area contributed by atoms with Crippen LogP contribution < -0.4 is 11.4 Å². The molecule has 1 aliphatic rings. The molecule has 17 heavy (non-hydrogen) atoms. The van der Waals surface area contributed by atoms with Crippen molar-refractivity contribution in [3.63, 3.8) is 0 Å². The second-order valence-corrected chi connectivity index (χ2v) is 4.27. The van der Waals surface area contributed by atoms with Crippen molar-refractivity contribution in [3.8, 4) is 0 Å². The van der Waals surface area contributed by atoms with Crippen molar-refractivity contribution in [1.29, 1.82) is 0 Å². The molecule has 0 spiro atoms. The number of nitrogen functional groups attached to an aromatic ring is 1. The van der Waals surface area contributed by atoms with Crippen LogP contribution in [0.25, 0.3) is 0 Å². The maximum absolute atomic E-state index is 11.6. The van der Waals surface area contributed by atoms with Crippen LogP contribution in [0, 0.1) is 5.92 Å². The van der Waals surface area contributed by atoms with Crippen LogP contribution in [0.4, 0.5) is 5.82 Å². The monoisotopic (exact) mass is 241 g/mol. The van der Waals surface area contributed by atoms with Gasteiger partial charge in [0.25, 0.3) is 0 Å². The van der Waals surface area contributed by atoms with E-state index >= 15 is 0 Å². The summed E-state index contributed by atoms with van der Waals surface area (Å²) in [6, 6.07) is 0.870. The lowest BCUT2D eigenvalue weighted by Crippen LogP contribution is -2.35. The van der Waals surface area contributed by atoms with E-state index in [9.17, 15) is 15.0 Å². The fourth-order valence-electron chi connectivity index (χ4n) is 2.23. The van der Waals surface area contributed by atoms with Gasteiger partial charge in [-0.05, 0) is 12.5 Å². The molecule has 1 aromatic rings. The van der Waals surface area contributed by atoms with Gasteiger partial charge in [-0.2, -0.15) is 4.98 Å². The predicted molar refractivity (Wildman–Crippen MR) is 59.2 cm³/mol. The summed E-state index contributed by atoms with van der Waals surface area (Å²) in [5.41, 5.74) is 4.80. The second kappa shape index (κ2) is 4.44. The topological polar surface area (TPSA) is 122 Å². The van der Waals surface area contributed by atoms with E-state index in [0.717, 1.165) is 0 Å². The highest BCUT2D eigenvalue weighted by atomic mass is 16.3. The number of hydrogen-bond donors (Lipinski definition) is 4. The van der Waals surface area contributed by atoms with Crippen LogP contribution in [0.3, 0.4) is 0 Å². The fraction of sp³-hybridized carbons (Fsp3) is 0.600. The van der Waals surface area contributed by atoms with Gasteiger partial charge in [0.1, 0.15) is 11.9 Å². The van der Waals surface area contributed by atoms with E-state index in [-0.39, 0.29) is 12.4 Å². The highest BCUT2D eigenvalue weighted by Gasteiger charge is 2.42. The third kappa shape index (κ3) is 2.04. The summed E-state index contributed by atoms with van der Waals surface area (Å²) >= 11 is 0. The summed E-state index contributed by atoms with van der Waals surface area (Å²) in [4.78, 5) is 15.1. The molecule has 1 saturated carbocycles. The molecule has 1 fully saturated rings. The van der Waals surface area contributed by atoms with E-state index < -0.39 is 29.9 Å². The van der Waals surface area contributed by atoms with Gasteiger partial charge < -0.3 is 21.1 Å². The molecule has 4 atom stereocenters. The first-order valence-electron chi connectivity index (χ1n) is 5.36. The van der Waals surface area contributed by atoms with Gasteiger partial charge in [-0.1, -0.05) is 0 Å². The third-order valence-electron chi connectivity index (χ3n) is 3.21. The first-order chi connectivity index (χ1) is 8.04. The molecular weight excluding hydrogens is 226 g/mol. The van der Waals surface area contributed by atoms with Crippen LogP contribution in [0.5, 0.6) is 0 Å². The average molecular weight is 241 g/mol. The largest absolute Gasteiger partial charge is 0.396 e. The normalized spacial score (nSPS) is 32.9.